The fourth-order valence-corrected chi connectivity index (χ4v) is 3.15. The smallest absolute Gasteiger partial charge is 0.255 e. The van der Waals surface area contributed by atoms with Crippen LogP contribution in [0.3, 0.4) is 0 Å². The minimum Gasteiger partial charge on any atom is -0.595 e. The summed E-state index contributed by atoms with van der Waals surface area (Å²) in [5.74, 6) is -0.0783. The molecule has 2 atom stereocenters. The van der Waals surface area contributed by atoms with E-state index in [1.54, 1.807) is 54.6 Å². The predicted octanol–water partition coefficient (Wildman–Crippen LogP) is 1.30. The quantitative estimate of drug-likeness (QED) is 0.252. The molecule has 6 N–H and O–H groups in total. The van der Waals surface area contributed by atoms with Crippen molar-refractivity contribution in [2.45, 2.75) is 0 Å². The highest BCUT2D eigenvalue weighted by Gasteiger charge is 2.15. The Hall–Kier alpha value is -3.90. The van der Waals surface area contributed by atoms with Gasteiger partial charge >= 0.3 is 0 Å². The first-order valence-corrected chi connectivity index (χ1v) is 9.55. The normalized spacial score (nSPS) is 13.7. The second kappa shape index (κ2) is 9.08. The molecule has 0 aliphatic carbocycles. The van der Waals surface area contributed by atoms with E-state index < -0.39 is 10.5 Å². The van der Waals surface area contributed by atoms with Crippen molar-refractivity contribution in [2.24, 2.45) is 0 Å². The third kappa shape index (κ3) is 4.71. The molecule has 3 aromatic carbocycles. The van der Waals surface area contributed by atoms with Crippen LogP contribution < -0.4 is 15.8 Å². The van der Waals surface area contributed by atoms with Gasteiger partial charge < -0.3 is 20.7 Å². The summed E-state index contributed by atoms with van der Waals surface area (Å²) in [4.78, 5) is 20.3. The van der Waals surface area contributed by atoms with Crippen molar-refractivity contribution in [1.82, 2.24) is 15.3 Å². The van der Waals surface area contributed by atoms with E-state index in [-0.39, 0.29) is 17.3 Å². The molecule has 0 aliphatic rings. The van der Waals surface area contributed by atoms with E-state index in [2.05, 4.69) is 15.3 Å². The SMILES string of the molecule is O=C(N/C(=C\c1cccc([NH+]([O-])O)c1)c1nc2ccc([NH+]([O-])O)cc2[nH]1)c1ccccc1. The lowest BCUT2D eigenvalue weighted by molar-refractivity contribution is -0.991. The highest BCUT2D eigenvalue weighted by Crippen LogP contribution is 2.21. The monoisotopic (exact) mass is 433 g/mol. The van der Waals surface area contributed by atoms with Crippen molar-refractivity contribution in [3.63, 3.8) is 0 Å². The second-order valence-electron chi connectivity index (χ2n) is 6.93. The average molecular weight is 433 g/mol. The minimum absolute atomic E-state index is 0.0979. The maximum absolute atomic E-state index is 12.8. The molecule has 0 spiro atoms. The fraction of sp³-hybridized carbons (Fsp3) is 0. The summed E-state index contributed by atoms with van der Waals surface area (Å²) in [6.07, 6.45) is 1.60. The number of nitrogens with one attached hydrogen (secondary N) is 4. The lowest BCUT2D eigenvalue weighted by Crippen LogP contribution is -2.99. The summed E-state index contributed by atoms with van der Waals surface area (Å²) in [5.41, 5.74) is 2.48. The van der Waals surface area contributed by atoms with Gasteiger partial charge in [0.2, 0.25) is 0 Å². The highest BCUT2D eigenvalue weighted by atomic mass is 16.8. The van der Waals surface area contributed by atoms with Gasteiger partial charge in [0.1, 0.15) is 0 Å². The van der Waals surface area contributed by atoms with Gasteiger partial charge in [0, 0.05) is 29.8 Å². The van der Waals surface area contributed by atoms with E-state index in [0.29, 0.717) is 33.7 Å². The Morgan fingerprint density at radius 3 is 2.38 bits per heavy atom. The Morgan fingerprint density at radius 1 is 0.938 bits per heavy atom. The van der Waals surface area contributed by atoms with Crippen LogP contribution in [0.15, 0.2) is 72.8 Å². The Kier molecular flexibility index (Phi) is 6.05. The van der Waals surface area contributed by atoms with E-state index in [1.807, 2.05) is 0 Å². The topological polar surface area (TPSA) is 153 Å². The van der Waals surface area contributed by atoms with Gasteiger partial charge in [0.05, 0.1) is 16.7 Å². The van der Waals surface area contributed by atoms with Crippen molar-refractivity contribution < 1.29 is 25.7 Å². The molecule has 4 aromatic rings. The van der Waals surface area contributed by atoms with E-state index in [9.17, 15) is 25.6 Å². The summed E-state index contributed by atoms with van der Waals surface area (Å²) in [5, 5.41) is 41.7. The van der Waals surface area contributed by atoms with Gasteiger partial charge in [0.25, 0.3) is 5.91 Å². The lowest BCUT2D eigenvalue weighted by Gasteiger charge is -2.12. The van der Waals surface area contributed by atoms with Crippen molar-refractivity contribution in [3.8, 4) is 0 Å². The fourth-order valence-electron chi connectivity index (χ4n) is 3.15. The van der Waals surface area contributed by atoms with Crippen LogP contribution in [0, 0.1) is 10.4 Å². The van der Waals surface area contributed by atoms with Crippen LogP contribution in [-0.2, 0) is 0 Å². The van der Waals surface area contributed by atoms with Crippen molar-refractivity contribution in [2.75, 3.05) is 0 Å². The predicted molar refractivity (Wildman–Crippen MR) is 116 cm³/mol. The van der Waals surface area contributed by atoms with Gasteiger partial charge in [0.15, 0.2) is 17.2 Å². The van der Waals surface area contributed by atoms with Gasteiger partial charge in [-0.15, -0.1) is 0 Å². The molecule has 0 fully saturated rings. The highest BCUT2D eigenvalue weighted by molar-refractivity contribution is 6.01. The number of aromatic amines is 1. The molecule has 1 heterocycles. The number of quaternary nitrogens is 2. The Balaban J connectivity index is 1.77. The van der Waals surface area contributed by atoms with Gasteiger partial charge in [-0.05, 0) is 29.8 Å². The molecule has 0 saturated carbocycles. The third-order valence-electron chi connectivity index (χ3n) is 4.71. The first kappa shape index (κ1) is 21.3. The molecule has 2 unspecified atom stereocenters. The number of amides is 1. The molecule has 4 rings (SSSR count). The zero-order valence-electron chi connectivity index (χ0n) is 16.6. The molecule has 10 nitrogen and oxygen atoms in total. The molecular weight excluding hydrogens is 414 g/mol. The molecule has 1 aromatic heterocycles. The Labute approximate surface area is 181 Å². The summed E-state index contributed by atoms with van der Waals surface area (Å²) >= 11 is 0. The van der Waals surface area contributed by atoms with Crippen LogP contribution in [0.25, 0.3) is 22.8 Å². The maximum atomic E-state index is 12.8. The molecule has 0 bridgehead atoms. The second-order valence-corrected chi connectivity index (χ2v) is 6.93. The Bertz CT molecular complexity index is 1280. The minimum atomic E-state index is -1.07. The van der Waals surface area contributed by atoms with Gasteiger partial charge in [-0.1, -0.05) is 30.3 Å². The number of imidazole rings is 1. The molecule has 0 aliphatic heterocycles. The molecule has 0 radical (unpaired) electrons. The van der Waals surface area contributed by atoms with Crippen molar-refractivity contribution >= 4 is 40.1 Å². The lowest BCUT2D eigenvalue weighted by atomic mass is 10.1. The van der Waals surface area contributed by atoms with E-state index >= 15 is 0 Å². The van der Waals surface area contributed by atoms with Crippen LogP contribution in [0.2, 0.25) is 0 Å². The van der Waals surface area contributed by atoms with E-state index in [1.165, 1.54) is 24.3 Å². The number of H-pyrrole nitrogens is 1. The van der Waals surface area contributed by atoms with Crippen LogP contribution in [0.4, 0.5) is 11.4 Å². The number of nitrogens with zero attached hydrogens (tertiary/aromatic N) is 1. The third-order valence-corrected chi connectivity index (χ3v) is 4.71. The first-order valence-electron chi connectivity index (χ1n) is 9.55. The number of hydrogen-bond acceptors (Lipinski definition) is 6. The molecule has 10 heteroatoms. The number of aromatic nitrogens is 2. The van der Waals surface area contributed by atoms with Gasteiger partial charge in [-0.3, -0.25) is 4.79 Å². The van der Waals surface area contributed by atoms with Crippen LogP contribution in [0.5, 0.6) is 0 Å². The van der Waals surface area contributed by atoms with E-state index in [4.69, 9.17) is 0 Å². The zero-order valence-corrected chi connectivity index (χ0v) is 16.6. The number of hydrogen-bond donors (Lipinski definition) is 6. The number of carbonyl (C=O) groups is 1. The summed E-state index contributed by atoms with van der Waals surface area (Å²) in [7, 11) is 0. The Morgan fingerprint density at radius 2 is 1.66 bits per heavy atom. The largest absolute Gasteiger partial charge is 0.595 e. The van der Waals surface area contributed by atoms with Crippen LogP contribution in [-0.4, -0.2) is 26.3 Å². The van der Waals surface area contributed by atoms with Gasteiger partial charge in [-0.2, -0.15) is 10.5 Å². The number of benzene rings is 3. The van der Waals surface area contributed by atoms with Crippen LogP contribution >= 0.6 is 0 Å². The van der Waals surface area contributed by atoms with Crippen molar-refractivity contribution in [3.05, 3.63) is 100 Å². The van der Waals surface area contributed by atoms with E-state index in [0.717, 1.165) is 0 Å². The molecule has 1 amide bonds. The zero-order chi connectivity index (χ0) is 22.7. The number of rotatable bonds is 6. The summed E-state index contributed by atoms with van der Waals surface area (Å²) < 4.78 is 0. The standard InChI is InChI=1S/C22H19N5O5/c28-22(15-6-2-1-3-7-15)25-20(12-14-5-4-8-16(11-14)26(29)30)21-23-18-10-9-17(27(31)32)13-19(18)24-21/h1-13,26-27,29,31H,(H,23,24)(H,25,28)/b20-12-. The molecule has 32 heavy (non-hydrogen) atoms. The maximum Gasteiger partial charge on any atom is 0.255 e. The summed E-state index contributed by atoms with van der Waals surface area (Å²) in [6, 6.07) is 19.3. The average Bonchev–Trinajstić information content (AvgIpc) is 3.22. The number of fused-ring (bicyclic) bond motifs is 1. The van der Waals surface area contributed by atoms with Gasteiger partial charge in [-0.25, -0.2) is 15.4 Å². The number of carbonyl (C=O) groups excluding carboxylic acids is 1. The molecule has 0 saturated heterocycles. The summed E-state index contributed by atoms with van der Waals surface area (Å²) in [6.45, 7) is 0. The molecular formula is C22H19N5O5. The molecule has 162 valence electrons. The first-order chi connectivity index (χ1) is 15.4. The van der Waals surface area contributed by atoms with Crippen LogP contribution in [0.1, 0.15) is 21.7 Å². The van der Waals surface area contributed by atoms with Crippen molar-refractivity contribution in [1.29, 1.82) is 0 Å².